The van der Waals surface area contributed by atoms with E-state index < -0.39 is 5.91 Å². The van der Waals surface area contributed by atoms with Crippen LogP contribution < -0.4 is 16.1 Å². The zero-order valence-corrected chi connectivity index (χ0v) is 18.7. The van der Waals surface area contributed by atoms with Crippen molar-refractivity contribution in [2.45, 2.75) is 55.4 Å². The maximum absolute atomic E-state index is 10.9. The number of hydrogen-bond acceptors (Lipinski definition) is 9. The zero-order chi connectivity index (χ0) is 21.3. The molecular weight excluding hydrogens is 410 g/mol. The van der Waals surface area contributed by atoms with Crippen LogP contribution in [0.4, 0.5) is 5.13 Å². The smallest absolute Gasteiger partial charge is 0.244 e. The predicted octanol–water partition coefficient (Wildman–Crippen LogP) is 3.91. The minimum Gasteiger partial charge on any atom is -0.444 e. The van der Waals surface area contributed by atoms with Gasteiger partial charge in [-0.15, -0.1) is 11.8 Å². The minimum absolute atomic E-state index is 0.0402. The fourth-order valence-electron chi connectivity index (χ4n) is 2.26. The molecule has 0 bridgehead atoms. The fraction of sp³-hybridized carbons (Fsp3) is 0.526. The molecule has 0 spiro atoms. The van der Waals surface area contributed by atoms with Crippen LogP contribution in [-0.2, 0) is 16.0 Å². The van der Waals surface area contributed by atoms with Gasteiger partial charge in [0.2, 0.25) is 11.8 Å². The van der Waals surface area contributed by atoms with Gasteiger partial charge in [-0.25, -0.2) is 15.4 Å². The van der Waals surface area contributed by atoms with Crippen molar-refractivity contribution in [1.82, 2.24) is 20.8 Å². The number of carbonyl (C=O) groups is 1. The lowest BCUT2D eigenvalue weighted by Crippen LogP contribution is -2.25. The van der Waals surface area contributed by atoms with Crippen molar-refractivity contribution in [3.8, 4) is 0 Å². The van der Waals surface area contributed by atoms with Gasteiger partial charge >= 0.3 is 0 Å². The highest BCUT2D eigenvalue weighted by Crippen LogP contribution is 2.32. The molecule has 1 amide bonds. The molecule has 29 heavy (non-hydrogen) atoms. The first kappa shape index (κ1) is 23.4. The third-order valence-electron chi connectivity index (χ3n) is 3.88. The average Bonchev–Trinajstić information content (AvgIpc) is 3.31. The highest BCUT2D eigenvalue weighted by atomic mass is 32.2. The maximum atomic E-state index is 10.9. The monoisotopic (exact) mass is 439 g/mol. The molecule has 160 valence electrons. The van der Waals surface area contributed by atoms with E-state index in [2.05, 4.69) is 48.0 Å². The first-order valence-electron chi connectivity index (χ1n) is 9.40. The van der Waals surface area contributed by atoms with Crippen molar-refractivity contribution in [3.63, 3.8) is 0 Å². The van der Waals surface area contributed by atoms with E-state index in [-0.39, 0.29) is 11.8 Å². The van der Waals surface area contributed by atoms with Crippen molar-refractivity contribution in [1.29, 1.82) is 0 Å². The van der Waals surface area contributed by atoms with Gasteiger partial charge in [0.1, 0.15) is 5.76 Å². The van der Waals surface area contributed by atoms with Crippen molar-refractivity contribution in [3.05, 3.63) is 36.3 Å². The van der Waals surface area contributed by atoms with E-state index in [0.29, 0.717) is 12.3 Å². The van der Waals surface area contributed by atoms with Crippen molar-refractivity contribution >= 4 is 34.1 Å². The van der Waals surface area contributed by atoms with E-state index >= 15 is 0 Å². The molecule has 2 aromatic heterocycles. The number of aromatic nitrogens is 2. The maximum Gasteiger partial charge on any atom is 0.244 e. The summed E-state index contributed by atoms with van der Waals surface area (Å²) >= 11 is 3.22. The van der Waals surface area contributed by atoms with Crippen molar-refractivity contribution in [2.24, 2.45) is 0 Å². The summed E-state index contributed by atoms with van der Waals surface area (Å²) < 4.78 is 6.90. The normalized spacial score (nSPS) is 11.4. The summed E-state index contributed by atoms with van der Waals surface area (Å²) in [5.74, 6) is 1.88. The minimum atomic E-state index is -0.390. The van der Waals surface area contributed by atoms with E-state index in [1.807, 2.05) is 6.20 Å². The number of nitrogens with one attached hydrogen (secondary N) is 3. The molecule has 8 nitrogen and oxygen atoms in total. The van der Waals surface area contributed by atoms with Crippen molar-refractivity contribution < 1.29 is 14.4 Å². The molecular formula is C19H29N5O3S2. The van der Waals surface area contributed by atoms with Crippen molar-refractivity contribution in [2.75, 3.05) is 18.4 Å². The van der Waals surface area contributed by atoms with E-state index in [1.54, 1.807) is 34.8 Å². The Labute approximate surface area is 179 Å². The number of rotatable bonds is 12. The second-order valence-electron chi connectivity index (χ2n) is 7.51. The Hall–Kier alpha value is -1.88. The van der Waals surface area contributed by atoms with Crippen LogP contribution in [0.2, 0.25) is 0 Å². The zero-order valence-electron chi connectivity index (χ0n) is 17.1. The Balaban J connectivity index is 1.65. The number of hydrogen-bond donors (Lipinski definition) is 4. The van der Waals surface area contributed by atoms with E-state index in [9.17, 15) is 4.79 Å². The summed E-state index contributed by atoms with van der Waals surface area (Å²) in [5, 5.41) is 15.6. The molecule has 2 rings (SSSR count). The number of carbonyl (C=O) groups excluding carboxylic acids is 1. The number of anilines is 1. The molecule has 0 unspecified atom stereocenters. The number of nitrogens with zero attached hydrogens (tertiary/aromatic N) is 2. The van der Waals surface area contributed by atoms with Crippen LogP contribution in [0.25, 0.3) is 0 Å². The highest BCUT2D eigenvalue weighted by molar-refractivity contribution is 8.00. The van der Waals surface area contributed by atoms with Gasteiger partial charge in [0, 0.05) is 24.1 Å². The summed E-state index contributed by atoms with van der Waals surface area (Å²) in [6.07, 6.45) is 5.58. The first-order valence-corrected chi connectivity index (χ1v) is 11.2. The lowest BCUT2D eigenvalue weighted by molar-refractivity contribution is -0.129. The molecule has 2 heterocycles. The largest absolute Gasteiger partial charge is 0.444 e. The molecule has 0 fully saturated rings. The van der Waals surface area contributed by atoms with Crippen LogP contribution in [0.3, 0.4) is 0 Å². The van der Waals surface area contributed by atoms with Gasteiger partial charge in [-0.3, -0.25) is 10.0 Å². The van der Waals surface area contributed by atoms with Gasteiger partial charge in [0.15, 0.2) is 5.13 Å². The summed E-state index contributed by atoms with van der Waals surface area (Å²) in [4.78, 5) is 19.6. The third kappa shape index (κ3) is 8.57. The quantitative estimate of drug-likeness (QED) is 0.170. The number of amides is 1. The van der Waals surface area contributed by atoms with Crippen LogP contribution in [0, 0.1) is 0 Å². The van der Waals surface area contributed by atoms with E-state index in [0.717, 1.165) is 46.1 Å². The lowest BCUT2D eigenvalue weighted by Gasteiger charge is -2.12. The van der Waals surface area contributed by atoms with Gasteiger partial charge in [-0.1, -0.05) is 38.7 Å². The summed E-state index contributed by atoms with van der Waals surface area (Å²) in [5.41, 5.74) is 2.47. The average molecular weight is 440 g/mol. The van der Waals surface area contributed by atoms with Crippen LogP contribution in [0.5, 0.6) is 0 Å². The Bertz CT molecular complexity index is 798. The molecule has 0 aliphatic rings. The Morgan fingerprint density at radius 3 is 2.76 bits per heavy atom. The molecule has 0 aromatic carbocycles. The standard InChI is InChI=1S/C19H29N5O3S2/c1-13(6-5-8-20-9-7-15(25)24-26)23-18-22-11-17(29-18)28-12-16-21-10-14(27-16)19(2,3)4/h10-11,20,26H,1,5-9,12H2,2-4H3,(H,22,23)(H,24,25). The predicted molar refractivity (Wildman–Crippen MR) is 116 cm³/mol. The first-order chi connectivity index (χ1) is 13.8. The summed E-state index contributed by atoms with van der Waals surface area (Å²) in [6, 6.07) is 0. The molecule has 2 aromatic rings. The summed E-state index contributed by atoms with van der Waals surface area (Å²) in [7, 11) is 0. The van der Waals surface area contributed by atoms with Gasteiger partial charge < -0.3 is 15.1 Å². The van der Waals surface area contributed by atoms with Crippen LogP contribution in [0.1, 0.15) is 51.7 Å². The van der Waals surface area contributed by atoms with Crippen LogP contribution in [0.15, 0.2) is 33.3 Å². The van der Waals surface area contributed by atoms with Gasteiger partial charge in [0.25, 0.3) is 0 Å². The number of thiazole rings is 1. The van der Waals surface area contributed by atoms with Gasteiger partial charge in [-0.2, -0.15) is 0 Å². The van der Waals surface area contributed by atoms with Crippen LogP contribution in [-0.4, -0.2) is 34.2 Å². The molecule has 0 aliphatic carbocycles. The number of thioether (sulfide) groups is 1. The second-order valence-corrected chi connectivity index (χ2v) is 9.81. The van der Waals surface area contributed by atoms with E-state index in [1.165, 1.54) is 0 Å². The highest BCUT2D eigenvalue weighted by Gasteiger charge is 2.19. The lowest BCUT2D eigenvalue weighted by atomic mass is 9.94. The summed E-state index contributed by atoms with van der Waals surface area (Å²) in [6.45, 7) is 11.6. The molecule has 0 aliphatic heterocycles. The van der Waals surface area contributed by atoms with E-state index in [4.69, 9.17) is 9.62 Å². The third-order valence-corrected chi connectivity index (χ3v) is 5.98. The Morgan fingerprint density at radius 2 is 2.07 bits per heavy atom. The van der Waals surface area contributed by atoms with Gasteiger partial charge in [-0.05, 0) is 19.4 Å². The molecule has 10 heteroatoms. The molecule has 0 saturated heterocycles. The molecule has 4 N–H and O–H groups in total. The van der Waals surface area contributed by atoms with Gasteiger partial charge in [0.05, 0.1) is 22.4 Å². The number of hydroxylamine groups is 1. The SMILES string of the molecule is C=C(CCCNCCC(=O)NO)Nc1ncc(SCc2ncc(C(C)(C)C)o2)s1. The second kappa shape index (κ2) is 11.3. The molecule has 0 saturated carbocycles. The fourth-order valence-corrected chi connectivity index (χ4v) is 4.04. The Kier molecular flexibility index (Phi) is 9.15. The van der Waals surface area contributed by atoms with Crippen LogP contribution >= 0.6 is 23.1 Å². The number of oxazole rings is 1. The topological polar surface area (TPSA) is 112 Å². The molecule has 0 radical (unpaired) electrons. The Morgan fingerprint density at radius 1 is 1.28 bits per heavy atom. The molecule has 0 atom stereocenters. The number of allylic oxidation sites excluding steroid dienone is 1.